The molecule has 0 unspecified atom stereocenters. The fourth-order valence-electron chi connectivity index (χ4n) is 6.67. The van der Waals surface area contributed by atoms with Crippen LogP contribution in [0.1, 0.15) is 58.3 Å². The Balaban J connectivity index is 1.56. The number of hydrogen-bond donors (Lipinski definition) is 1. The Morgan fingerprint density at radius 3 is 1.79 bits per heavy atom. The van der Waals surface area contributed by atoms with Crippen molar-refractivity contribution in [1.29, 1.82) is 0 Å². The average Bonchev–Trinajstić information content (AvgIpc) is 3.12. The summed E-state index contributed by atoms with van der Waals surface area (Å²) in [5.74, 6) is -2.82. The highest BCUT2D eigenvalue weighted by Gasteiger charge is 2.41. The number of carbonyl (C=O) groups is 1. The molecular formula is C40H35F10NO5. The van der Waals surface area contributed by atoms with Crippen molar-refractivity contribution in [3.05, 3.63) is 137 Å². The summed E-state index contributed by atoms with van der Waals surface area (Å²) in [5.41, 5.74) is -4.62. The van der Waals surface area contributed by atoms with Gasteiger partial charge in [-0.05, 0) is 103 Å². The predicted octanol–water partition coefficient (Wildman–Crippen LogP) is 10.9. The van der Waals surface area contributed by atoms with Crippen LogP contribution in [0, 0.1) is 17.7 Å². The van der Waals surface area contributed by atoms with Crippen LogP contribution in [0.25, 0.3) is 0 Å². The molecule has 0 atom stereocenters. The van der Waals surface area contributed by atoms with Crippen LogP contribution >= 0.6 is 0 Å². The van der Waals surface area contributed by atoms with Gasteiger partial charge >= 0.3 is 18.9 Å². The van der Waals surface area contributed by atoms with Crippen molar-refractivity contribution in [3.63, 3.8) is 0 Å². The number of halogens is 10. The number of benzene rings is 4. The first-order chi connectivity index (χ1) is 26.2. The van der Waals surface area contributed by atoms with Gasteiger partial charge in [0.1, 0.15) is 23.1 Å². The lowest BCUT2D eigenvalue weighted by molar-refractivity contribution is -0.275. The average molecular weight is 800 g/mol. The molecule has 1 amide bonds. The third-order valence-electron chi connectivity index (χ3n) is 9.42. The van der Waals surface area contributed by atoms with Crippen molar-refractivity contribution in [2.24, 2.45) is 11.8 Å². The van der Waals surface area contributed by atoms with E-state index in [0.29, 0.717) is 24.0 Å². The Morgan fingerprint density at radius 2 is 1.29 bits per heavy atom. The molecule has 4 aromatic rings. The van der Waals surface area contributed by atoms with Crippen LogP contribution in [0.3, 0.4) is 0 Å². The molecule has 16 heteroatoms. The smallest absolute Gasteiger partial charge is 0.501 e. The molecule has 1 aliphatic carbocycles. The minimum Gasteiger partial charge on any atom is -0.501 e. The van der Waals surface area contributed by atoms with Crippen LogP contribution in [0.5, 0.6) is 17.2 Å². The number of hydrogen-bond acceptors (Lipinski definition) is 5. The maximum absolute atomic E-state index is 14.2. The highest BCUT2D eigenvalue weighted by atomic mass is 19.4. The molecule has 0 heterocycles. The maximum atomic E-state index is 14.2. The summed E-state index contributed by atoms with van der Waals surface area (Å²) < 4.78 is 155. The minimum atomic E-state index is -5.22. The normalized spacial score (nSPS) is 16.5. The molecule has 0 radical (unpaired) electrons. The van der Waals surface area contributed by atoms with Gasteiger partial charge < -0.3 is 24.3 Å². The van der Waals surface area contributed by atoms with Gasteiger partial charge in [0, 0.05) is 17.9 Å². The van der Waals surface area contributed by atoms with Crippen molar-refractivity contribution >= 4 is 5.91 Å². The van der Waals surface area contributed by atoms with Gasteiger partial charge in [-0.15, -0.1) is 26.3 Å². The molecule has 0 aromatic heterocycles. The fourth-order valence-corrected chi connectivity index (χ4v) is 6.67. The molecule has 0 bridgehead atoms. The lowest BCUT2D eigenvalue weighted by Gasteiger charge is -2.37. The van der Waals surface area contributed by atoms with E-state index in [4.69, 9.17) is 9.47 Å². The molecule has 4 aromatic carbocycles. The summed E-state index contributed by atoms with van der Waals surface area (Å²) in [4.78, 5) is 13.9. The summed E-state index contributed by atoms with van der Waals surface area (Å²) in [7, 11) is 1.58. The topological polar surface area (TPSA) is 66.0 Å². The van der Waals surface area contributed by atoms with Gasteiger partial charge in [-0.2, -0.15) is 13.2 Å². The summed E-state index contributed by atoms with van der Waals surface area (Å²) in [6.45, 7) is 4.33. The largest absolute Gasteiger partial charge is 0.573 e. The number of carbonyl (C=O) groups excluding carboxylic acids is 1. The predicted molar refractivity (Wildman–Crippen MR) is 183 cm³/mol. The van der Waals surface area contributed by atoms with Gasteiger partial charge in [-0.1, -0.05) is 43.0 Å². The number of ether oxygens (including phenoxy) is 4. The Morgan fingerprint density at radius 1 is 0.732 bits per heavy atom. The van der Waals surface area contributed by atoms with Crippen LogP contribution in [0.15, 0.2) is 103 Å². The minimum absolute atomic E-state index is 0.179. The van der Waals surface area contributed by atoms with E-state index in [1.165, 1.54) is 12.1 Å². The Kier molecular flexibility index (Phi) is 12.5. The molecule has 6 nitrogen and oxygen atoms in total. The van der Waals surface area contributed by atoms with E-state index in [-0.39, 0.29) is 29.0 Å². The molecule has 56 heavy (non-hydrogen) atoms. The lowest BCUT2D eigenvalue weighted by atomic mass is 9.77. The van der Waals surface area contributed by atoms with Crippen molar-refractivity contribution < 1.29 is 67.6 Å². The van der Waals surface area contributed by atoms with Crippen molar-refractivity contribution in [2.75, 3.05) is 13.7 Å². The second-order valence-electron chi connectivity index (χ2n) is 13.2. The molecule has 300 valence electrons. The number of nitrogens with one attached hydrogen (secondary N) is 1. The van der Waals surface area contributed by atoms with Crippen LogP contribution in [-0.2, 0) is 22.9 Å². The number of amides is 1. The first-order valence-corrected chi connectivity index (χ1v) is 17.1. The van der Waals surface area contributed by atoms with E-state index < -0.39 is 65.2 Å². The molecular weight excluding hydrogens is 764 g/mol. The highest BCUT2D eigenvalue weighted by molar-refractivity contribution is 5.95. The zero-order valence-corrected chi connectivity index (χ0v) is 29.6. The monoisotopic (exact) mass is 799 g/mol. The molecule has 1 saturated carbocycles. The van der Waals surface area contributed by atoms with Gasteiger partial charge in [0.2, 0.25) is 0 Å². The molecule has 1 aliphatic rings. The van der Waals surface area contributed by atoms with Crippen molar-refractivity contribution in [2.45, 2.75) is 56.5 Å². The number of allylic oxidation sites excluding steroid dienone is 1. The SMILES string of the molecule is C=C(OC)C1CCC(COc2ccc(CC(NC(=O)c3ccc(F)c(C(F)(F)F)c3)(c3cccc(OC(F)(F)F)c3)c3cccc(OC(F)(F)F)c3)cc2)CC1. The third kappa shape index (κ3) is 10.9. The second-order valence-corrected chi connectivity index (χ2v) is 13.2. The quantitative estimate of drug-likeness (QED) is 0.108. The first-order valence-electron chi connectivity index (χ1n) is 17.1. The number of methoxy groups -OCH3 is 1. The summed E-state index contributed by atoms with van der Waals surface area (Å²) >= 11 is 0. The van der Waals surface area contributed by atoms with Crippen LogP contribution < -0.4 is 19.5 Å². The number of alkyl halides is 9. The molecule has 0 spiro atoms. The van der Waals surface area contributed by atoms with Crippen LogP contribution in [-0.4, -0.2) is 32.3 Å². The molecule has 5 rings (SSSR count). The number of rotatable bonds is 13. The standard InChI is InChI=1S/C40H35F10NO5/c1-24(53-2)27-13-9-26(10-14-27)23-54-31-16-11-25(12-17-31)22-37(29-5-3-7-32(20-29)55-39(45,46)47,30-6-4-8-33(21-30)56-40(48,49)50)51-36(52)28-15-18-35(41)34(19-28)38(42,43)44/h3-8,11-12,15-21,26-27H,1,9-10,13-14,22-23H2,2H3,(H,51,52). The summed E-state index contributed by atoms with van der Waals surface area (Å²) in [6.07, 6.45) is -12.5. The molecule has 0 saturated heterocycles. The third-order valence-corrected chi connectivity index (χ3v) is 9.42. The Hall–Kier alpha value is -5.41. The molecule has 1 fully saturated rings. The van der Waals surface area contributed by atoms with Gasteiger partial charge in [0.05, 0.1) is 30.6 Å². The molecule has 1 N–H and O–H groups in total. The highest BCUT2D eigenvalue weighted by Crippen LogP contribution is 2.40. The fraction of sp³-hybridized carbons (Fsp3) is 0.325. The van der Waals surface area contributed by atoms with Gasteiger partial charge in [0.15, 0.2) is 0 Å². The van der Waals surface area contributed by atoms with Gasteiger partial charge in [-0.25, -0.2) is 4.39 Å². The van der Waals surface area contributed by atoms with E-state index in [0.717, 1.165) is 73.9 Å². The second kappa shape index (κ2) is 16.8. The van der Waals surface area contributed by atoms with E-state index in [2.05, 4.69) is 21.4 Å². The lowest BCUT2D eigenvalue weighted by Crippen LogP contribution is -2.48. The van der Waals surface area contributed by atoms with Crippen LogP contribution in [0.4, 0.5) is 43.9 Å². The van der Waals surface area contributed by atoms with Gasteiger partial charge in [-0.3, -0.25) is 4.79 Å². The zero-order valence-electron chi connectivity index (χ0n) is 29.6. The maximum Gasteiger partial charge on any atom is 0.573 e. The zero-order chi connectivity index (χ0) is 40.9. The van der Waals surface area contributed by atoms with E-state index in [1.807, 2.05) is 0 Å². The summed E-state index contributed by atoms with van der Waals surface area (Å²) in [5, 5.41) is 2.56. The Labute approximate surface area is 315 Å². The Bertz CT molecular complexity index is 1930. The van der Waals surface area contributed by atoms with Crippen LogP contribution in [0.2, 0.25) is 0 Å². The first kappa shape index (κ1) is 41.7. The van der Waals surface area contributed by atoms with Crippen molar-refractivity contribution in [3.8, 4) is 17.2 Å². The van der Waals surface area contributed by atoms with E-state index in [9.17, 15) is 48.7 Å². The summed E-state index contributed by atoms with van der Waals surface area (Å²) in [6, 6.07) is 16.1. The van der Waals surface area contributed by atoms with E-state index >= 15 is 0 Å². The van der Waals surface area contributed by atoms with Crippen molar-refractivity contribution in [1.82, 2.24) is 5.32 Å². The van der Waals surface area contributed by atoms with Gasteiger partial charge in [0.25, 0.3) is 5.91 Å². The molecule has 0 aliphatic heterocycles. The van der Waals surface area contributed by atoms with E-state index in [1.54, 1.807) is 31.4 Å².